The lowest BCUT2D eigenvalue weighted by molar-refractivity contribution is -0.127. The molecule has 0 aromatic heterocycles. The van der Waals surface area contributed by atoms with Crippen LogP contribution < -0.4 is 10.6 Å². The van der Waals surface area contributed by atoms with Crippen molar-refractivity contribution in [1.82, 2.24) is 25.3 Å². The Hall–Kier alpha value is -0.610. The second-order valence-corrected chi connectivity index (χ2v) is 8.46. The number of halogens is 1. The number of amides is 1. The quantitative estimate of drug-likeness (QED) is 0.188. The third-order valence-electron chi connectivity index (χ3n) is 5.49. The number of aliphatic imine (C=N–C) groups is 1. The van der Waals surface area contributed by atoms with E-state index in [2.05, 4.69) is 60.0 Å². The Morgan fingerprint density at radius 1 is 1.17 bits per heavy atom. The average Bonchev–Trinajstić information content (AvgIpc) is 3.09. The van der Waals surface area contributed by atoms with Crippen molar-refractivity contribution in [2.75, 3.05) is 53.4 Å². The number of nitrogens with one attached hydrogen (secondary N) is 2. The van der Waals surface area contributed by atoms with Crippen LogP contribution in [0.1, 0.15) is 53.9 Å². The van der Waals surface area contributed by atoms with Gasteiger partial charge in [0, 0.05) is 51.9 Å². The van der Waals surface area contributed by atoms with Gasteiger partial charge in [-0.15, -0.1) is 24.0 Å². The number of rotatable bonds is 11. The van der Waals surface area contributed by atoms with Crippen molar-refractivity contribution in [3.63, 3.8) is 0 Å². The molecule has 1 rings (SSSR count). The maximum absolute atomic E-state index is 11.9. The van der Waals surface area contributed by atoms with Crippen molar-refractivity contribution in [2.45, 2.75) is 72.0 Å². The van der Waals surface area contributed by atoms with Crippen molar-refractivity contribution in [3.8, 4) is 0 Å². The molecule has 1 atom stereocenters. The first-order chi connectivity index (χ1) is 13.3. The minimum Gasteiger partial charge on any atom is -0.356 e. The van der Waals surface area contributed by atoms with Gasteiger partial charge in [-0.05, 0) is 60.0 Å². The predicted molar refractivity (Wildman–Crippen MR) is 134 cm³/mol. The van der Waals surface area contributed by atoms with Gasteiger partial charge in [0.25, 0.3) is 0 Å². The van der Waals surface area contributed by atoms with Gasteiger partial charge in [-0.3, -0.25) is 14.6 Å². The fourth-order valence-electron chi connectivity index (χ4n) is 3.80. The van der Waals surface area contributed by atoms with Crippen LogP contribution in [0.5, 0.6) is 0 Å². The molecule has 0 spiro atoms. The van der Waals surface area contributed by atoms with Crippen molar-refractivity contribution >= 4 is 35.8 Å². The van der Waals surface area contributed by atoms with Crippen LogP contribution in [-0.4, -0.2) is 98.1 Å². The fourth-order valence-corrected chi connectivity index (χ4v) is 3.80. The zero-order valence-electron chi connectivity index (χ0n) is 19.7. The number of nitrogens with zero attached hydrogens (tertiary/aromatic N) is 4. The molecule has 172 valence electrons. The summed E-state index contributed by atoms with van der Waals surface area (Å²) in [4.78, 5) is 23.0. The van der Waals surface area contributed by atoms with Gasteiger partial charge in [-0.2, -0.15) is 0 Å². The molecule has 0 aromatic rings. The van der Waals surface area contributed by atoms with Gasteiger partial charge < -0.3 is 15.5 Å². The molecule has 1 saturated heterocycles. The summed E-state index contributed by atoms with van der Waals surface area (Å²) in [5, 5.41) is 6.89. The number of guanidine groups is 1. The first-order valence-corrected chi connectivity index (χ1v) is 11.0. The summed E-state index contributed by atoms with van der Waals surface area (Å²) in [6.07, 6.45) is 3.53. The highest BCUT2D eigenvalue weighted by Crippen LogP contribution is 2.15. The van der Waals surface area contributed by atoms with Gasteiger partial charge in [0.05, 0.1) is 0 Å². The molecule has 1 aliphatic rings. The van der Waals surface area contributed by atoms with Crippen molar-refractivity contribution in [3.05, 3.63) is 0 Å². The summed E-state index contributed by atoms with van der Waals surface area (Å²) >= 11 is 0. The maximum atomic E-state index is 11.9. The van der Waals surface area contributed by atoms with Gasteiger partial charge in [0.1, 0.15) is 6.54 Å². The third kappa shape index (κ3) is 10.8. The van der Waals surface area contributed by atoms with Crippen LogP contribution in [0.3, 0.4) is 0 Å². The second-order valence-electron chi connectivity index (χ2n) is 8.46. The highest BCUT2D eigenvalue weighted by atomic mass is 127. The third-order valence-corrected chi connectivity index (χ3v) is 5.49. The molecule has 1 unspecified atom stereocenters. The number of hydrogen-bond acceptors (Lipinski definition) is 4. The van der Waals surface area contributed by atoms with E-state index in [4.69, 9.17) is 0 Å². The first-order valence-electron chi connectivity index (χ1n) is 11.0. The van der Waals surface area contributed by atoms with Crippen molar-refractivity contribution in [2.24, 2.45) is 4.99 Å². The van der Waals surface area contributed by atoms with E-state index < -0.39 is 0 Å². The van der Waals surface area contributed by atoms with Gasteiger partial charge in [-0.25, -0.2) is 4.99 Å². The average molecular weight is 525 g/mol. The molecular formula is C21H45IN6O. The van der Waals surface area contributed by atoms with E-state index >= 15 is 0 Å². The zero-order chi connectivity index (χ0) is 21.1. The molecule has 2 N–H and O–H groups in total. The molecule has 29 heavy (non-hydrogen) atoms. The van der Waals surface area contributed by atoms with Crippen LogP contribution in [0, 0.1) is 0 Å². The number of likely N-dealkylation sites (N-methyl/N-ethyl adjacent to an activating group) is 2. The lowest BCUT2D eigenvalue weighted by atomic mass is 10.2. The molecule has 1 heterocycles. The molecule has 0 bridgehead atoms. The molecule has 8 heteroatoms. The fraction of sp³-hybridized carbons (Fsp3) is 0.905. The van der Waals surface area contributed by atoms with Crippen LogP contribution in [0.15, 0.2) is 4.99 Å². The van der Waals surface area contributed by atoms with E-state index in [-0.39, 0.29) is 36.4 Å². The monoisotopic (exact) mass is 524 g/mol. The van der Waals surface area contributed by atoms with Crippen molar-refractivity contribution in [1.29, 1.82) is 0 Å². The molecule has 0 saturated carbocycles. The van der Waals surface area contributed by atoms with E-state index in [1.165, 1.54) is 19.4 Å². The molecule has 0 radical (unpaired) electrons. The van der Waals surface area contributed by atoms with Crippen LogP contribution in [0.2, 0.25) is 0 Å². The Balaban J connectivity index is 0.00000784. The Morgan fingerprint density at radius 2 is 1.83 bits per heavy atom. The number of likely N-dealkylation sites (tertiary alicyclic amines) is 1. The van der Waals surface area contributed by atoms with E-state index in [0.717, 1.165) is 38.6 Å². The molecule has 7 nitrogen and oxygen atoms in total. The number of carbonyl (C=O) groups excluding carboxylic acids is 1. The van der Waals surface area contributed by atoms with Gasteiger partial charge in [0.2, 0.25) is 5.91 Å². The molecule has 1 amide bonds. The van der Waals surface area contributed by atoms with E-state index in [0.29, 0.717) is 18.1 Å². The number of carbonyl (C=O) groups is 1. The topological polar surface area (TPSA) is 63.2 Å². The van der Waals surface area contributed by atoms with Crippen LogP contribution in [-0.2, 0) is 4.79 Å². The number of hydrogen-bond donors (Lipinski definition) is 2. The van der Waals surface area contributed by atoms with Gasteiger partial charge in [-0.1, -0.05) is 6.92 Å². The molecular weight excluding hydrogens is 479 g/mol. The standard InChI is InChI=1S/C21H44N6O.HI/c1-8-26-13-9-11-19(26)15-23-21(24-16-20(28)25(6)7)22-12-10-14-27(17(2)3)18(4)5;/h17-19H,8-16H2,1-7H3,(H2,22,23,24);1H. The summed E-state index contributed by atoms with van der Waals surface area (Å²) in [7, 11) is 3.53. The minimum absolute atomic E-state index is 0. The summed E-state index contributed by atoms with van der Waals surface area (Å²) in [6.45, 7) is 16.4. The predicted octanol–water partition coefficient (Wildman–Crippen LogP) is 2.22. The minimum atomic E-state index is 0. The maximum Gasteiger partial charge on any atom is 0.243 e. The second kappa shape index (κ2) is 15.2. The highest BCUT2D eigenvalue weighted by Gasteiger charge is 2.22. The summed E-state index contributed by atoms with van der Waals surface area (Å²) in [6, 6.07) is 1.65. The van der Waals surface area contributed by atoms with Gasteiger partial charge in [0.15, 0.2) is 5.96 Å². The Morgan fingerprint density at radius 3 is 2.38 bits per heavy atom. The van der Waals surface area contributed by atoms with Crippen molar-refractivity contribution < 1.29 is 4.79 Å². The summed E-state index contributed by atoms with van der Waals surface area (Å²) < 4.78 is 0. The first kappa shape index (κ1) is 28.4. The Kier molecular flexibility index (Phi) is 14.9. The van der Waals surface area contributed by atoms with Crippen LogP contribution >= 0.6 is 24.0 Å². The Bertz CT molecular complexity index is 476. The van der Waals surface area contributed by atoms with E-state index in [1.807, 2.05) is 0 Å². The normalized spacial score (nSPS) is 17.7. The summed E-state index contributed by atoms with van der Waals surface area (Å²) in [5.41, 5.74) is 0. The smallest absolute Gasteiger partial charge is 0.243 e. The molecule has 0 aromatic carbocycles. The van der Waals surface area contributed by atoms with E-state index in [1.54, 1.807) is 19.0 Å². The lowest BCUT2D eigenvalue weighted by Gasteiger charge is -2.30. The largest absolute Gasteiger partial charge is 0.356 e. The zero-order valence-corrected chi connectivity index (χ0v) is 22.0. The van der Waals surface area contributed by atoms with Crippen LogP contribution in [0.25, 0.3) is 0 Å². The molecule has 0 aliphatic carbocycles. The Labute approximate surface area is 196 Å². The molecule has 1 fully saturated rings. The lowest BCUT2D eigenvalue weighted by Crippen LogP contribution is -2.46. The van der Waals surface area contributed by atoms with Gasteiger partial charge >= 0.3 is 0 Å². The van der Waals surface area contributed by atoms with E-state index in [9.17, 15) is 4.79 Å². The highest BCUT2D eigenvalue weighted by molar-refractivity contribution is 14.0. The SMILES string of the molecule is CCN1CCCC1CNC(=NCC(=O)N(C)C)NCCCN(C(C)C)C(C)C.I. The summed E-state index contributed by atoms with van der Waals surface area (Å²) in [5.74, 6) is 0.765. The molecule has 1 aliphatic heterocycles. The van der Waals surface area contributed by atoms with Crippen LogP contribution in [0.4, 0.5) is 0 Å².